The molecule has 0 aliphatic heterocycles. The number of hydrogen-bond donors (Lipinski definition) is 0. The minimum Gasteiger partial charge on any atom is -0.458 e. The summed E-state index contributed by atoms with van der Waals surface area (Å²) in [7, 11) is -3.51. The van der Waals surface area contributed by atoms with Gasteiger partial charge in [0.2, 0.25) is 0 Å². The van der Waals surface area contributed by atoms with Gasteiger partial charge >= 0.3 is 0 Å². The summed E-state index contributed by atoms with van der Waals surface area (Å²) < 4.78 is 57.5. The second kappa shape index (κ2) is 6.12. The van der Waals surface area contributed by atoms with Gasteiger partial charge in [0.05, 0.1) is 11.5 Å². The van der Waals surface area contributed by atoms with Crippen LogP contribution in [-0.2, 0) is 16.3 Å². The van der Waals surface area contributed by atoms with Gasteiger partial charge in [-0.2, -0.15) is 0 Å². The highest BCUT2D eigenvalue weighted by Crippen LogP contribution is 2.44. The zero-order chi connectivity index (χ0) is 18.4. The molecule has 130 valence electrons. The van der Waals surface area contributed by atoms with Gasteiger partial charge in [-0.1, -0.05) is 6.92 Å². The number of halogens is 2. The predicted molar refractivity (Wildman–Crippen MR) is 89.3 cm³/mol. The smallest absolute Gasteiger partial charge is 0.193 e. The molecule has 0 bridgehead atoms. The number of alkyl halides is 1. The second-order valence-corrected chi connectivity index (χ2v) is 8.08. The molecule has 0 fully saturated rings. The normalized spacial score (nSPS) is 19.3. The molecule has 0 heterocycles. The van der Waals surface area contributed by atoms with Crippen molar-refractivity contribution >= 4 is 15.5 Å². The van der Waals surface area contributed by atoms with E-state index >= 15 is 0 Å². The lowest BCUT2D eigenvalue weighted by Gasteiger charge is -2.15. The zero-order valence-corrected chi connectivity index (χ0v) is 14.4. The number of rotatable bonds is 3. The van der Waals surface area contributed by atoms with E-state index in [4.69, 9.17) is 11.3 Å². The van der Waals surface area contributed by atoms with Crippen LogP contribution in [0.4, 0.5) is 14.5 Å². The standard InChI is InChI=1S/C18H15F2NO3S/c1-10-15(20)9-14-16(4-5-17(18(10)14)25(3,22)23)24-13-7-11(19)6-12(8-13)21-2/h4-8,10,15H,9H2,1,3H3/t10-,15-/m1/s1. The van der Waals surface area contributed by atoms with E-state index in [1.807, 2.05) is 0 Å². The van der Waals surface area contributed by atoms with Gasteiger partial charge in [0.25, 0.3) is 0 Å². The summed E-state index contributed by atoms with van der Waals surface area (Å²) in [5.41, 5.74) is 0.960. The molecule has 0 spiro atoms. The van der Waals surface area contributed by atoms with Crippen molar-refractivity contribution in [3.8, 4) is 11.5 Å². The second-order valence-electron chi connectivity index (χ2n) is 6.09. The molecule has 0 radical (unpaired) electrons. The highest BCUT2D eigenvalue weighted by molar-refractivity contribution is 7.90. The van der Waals surface area contributed by atoms with Crippen molar-refractivity contribution in [2.24, 2.45) is 0 Å². The Hall–Kier alpha value is -2.46. The average Bonchev–Trinajstić information content (AvgIpc) is 2.82. The molecular weight excluding hydrogens is 348 g/mol. The summed E-state index contributed by atoms with van der Waals surface area (Å²) in [5, 5.41) is 0. The van der Waals surface area contributed by atoms with Crippen molar-refractivity contribution in [1.82, 2.24) is 0 Å². The molecule has 25 heavy (non-hydrogen) atoms. The molecule has 0 aromatic heterocycles. The fourth-order valence-corrected chi connectivity index (χ4v) is 4.13. The minimum absolute atomic E-state index is 0.0280. The Morgan fingerprint density at radius 1 is 1.28 bits per heavy atom. The molecule has 1 aliphatic rings. The molecule has 7 heteroatoms. The lowest BCUT2D eigenvalue weighted by Crippen LogP contribution is -2.07. The van der Waals surface area contributed by atoms with E-state index in [0.717, 1.165) is 18.4 Å². The van der Waals surface area contributed by atoms with Crippen LogP contribution in [0.5, 0.6) is 11.5 Å². The van der Waals surface area contributed by atoms with E-state index in [9.17, 15) is 17.2 Å². The highest BCUT2D eigenvalue weighted by atomic mass is 32.2. The molecule has 2 atom stereocenters. The van der Waals surface area contributed by atoms with Gasteiger partial charge in [-0.25, -0.2) is 22.0 Å². The Morgan fingerprint density at radius 3 is 2.64 bits per heavy atom. The fourth-order valence-electron chi connectivity index (χ4n) is 3.10. The van der Waals surface area contributed by atoms with Crippen molar-refractivity contribution in [3.05, 3.63) is 58.7 Å². The molecule has 0 unspecified atom stereocenters. The maximum Gasteiger partial charge on any atom is 0.193 e. The van der Waals surface area contributed by atoms with Crippen LogP contribution in [0.3, 0.4) is 0 Å². The van der Waals surface area contributed by atoms with Crippen LogP contribution >= 0.6 is 0 Å². The van der Waals surface area contributed by atoms with E-state index < -0.39 is 27.7 Å². The molecule has 0 amide bonds. The van der Waals surface area contributed by atoms with Crippen LogP contribution in [0.15, 0.2) is 35.2 Å². The Labute approximate surface area is 144 Å². The summed E-state index contributed by atoms with van der Waals surface area (Å²) in [6.45, 7) is 8.61. The van der Waals surface area contributed by atoms with E-state index in [2.05, 4.69) is 4.85 Å². The number of nitrogens with zero attached hydrogens (tertiary/aromatic N) is 1. The highest BCUT2D eigenvalue weighted by Gasteiger charge is 2.36. The largest absolute Gasteiger partial charge is 0.458 e. The third kappa shape index (κ3) is 3.22. The quantitative estimate of drug-likeness (QED) is 0.751. The van der Waals surface area contributed by atoms with Gasteiger partial charge in [0.15, 0.2) is 15.5 Å². The maximum absolute atomic E-state index is 14.2. The monoisotopic (exact) mass is 363 g/mol. The number of hydrogen-bond acceptors (Lipinski definition) is 3. The first-order chi connectivity index (χ1) is 11.7. The maximum atomic E-state index is 14.2. The van der Waals surface area contributed by atoms with Crippen LogP contribution in [-0.4, -0.2) is 20.8 Å². The molecule has 0 saturated heterocycles. The molecule has 2 aromatic carbocycles. The third-order valence-corrected chi connectivity index (χ3v) is 5.44. The van der Waals surface area contributed by atoms with Crippen molar-refractivity contribution in [2.45, 2.75) is 30.3 Å². The topological polar surface area (TPSA) is 47.7 Å². The fraction of sp³-hybridized carbons (Fsp3) is 0.278. The van der Waals surface area contributed by atoms with Crippen LogP contribution in [0.1, 0.15) is 24.0 Å². The summed E-state index contributed by atoms with van der Waals surface area (Å²) in [4.78, 5) is 3.25. The summed E-state index contributed by atoms with van der Waals surface area (Å²) in [5.74, 6) is -0.814. The average molecular weight is 363 g/mol. The summed E-state index contributed by atoms with van der Waals surface area (Å²) in [6, 6.07) is 6.40. The van der Waals surface area contributed by atoms with E-state index in [-0.39, 0.29) is 28.5 Å². The lowest BCUT2D eigenvalue weighted by atomic mass is 10.0. The Kier molecular flexibility index (Phi) is 4.25. The lowest BCUT2D eigenvalue weighted by molar-refractivity contribution is 0.309. The van der Waals surface area contributed by atoms with Crippen molar-refractivity contribution in [1.29, 1.82) is 0 Å². The Bertz CT molecular complexity index is 996. The SMILES string of the molecule is [C-]#[N+]c1cc(F)cc(Oc2ccc(S(C)(=O)=O)c3c2C[C@@H](F)[C@H]3C)c1. The van der Waals surface area contributed by atoms with Crippen LogP contribution < -0.4 is 4.74 Å². The van der Waals surface area contributed by atoms with Crippen LogP contribution in [0, 0.1) is 12.4 Å². The summed E-state index contributed by atoms with van der Waals surface area (Å²) >= 11 is 0. The van der Waals surface area contributed by atoms with Crippen LogP contribution in [0.2, 0.25) is 0 Å². The number of fused-ring (bicyclic) bond motifs is 1. The molecular formula is C18H15F2NO3S. The first kappa shape index (κ1) is 17.4. The predicted octanol–water partition coefficient (Wildman–Crippen LogP) is 4.57. The van der Waals surface area contributed by atoms with Gasteiger partial charge in [-0.3, -0.25) is 0 Å². The Balaban J connectivity index is 2.11. The number of ether oxygens (including phenoxy) is 1. The van der Waals surface area contributed by atoms with Gasteiger partial charge in [-0.15, -0.1) is 0 Å². The first-order valence-corrected chi connectivity index (χ1v) is 9.45. The Morgan fingerprint density at radius 2 is 2.00 bits per heavy atom. The first-order valence-electron chi connectivity index (χ1n) is 7.56. The number of sulfone groups is 1. The van der Waals surface area contributed by atoms with Crippen LogP contribution in [0.25, 0.3) is 4.85 Å². The third-order valence-electron chi connectivity index (χ3n) is 4.28. The molecule has 2 aromatic rings. The van der Waals surface area contributed by atoms with Crippen molar-refractivity contribution in [2.75, 3.05) is 6.26 Å². The number of benzene rings is 2. The molecule has 3 rings (SSSR count). The molecule has 4 nitrogen and oxygen atoms in total. The molecule has 1 aliphatic carbocycles. The van der Waals surface area contributed by atoms with E-state index in [1.165, 1.54) is 18.2 Å². The molecule has 0 saturated carbocycles. The van der Waals surface area contributed by atoms with Gasteiger partial charge in [-0.05, 0) is 29.8 Å². The zero-order valence-electron chi connectivity index (χ0n) is 13.6. The molecule has 0 N–H and O–H groups in total. The summed E-state index contributed by atoms with van der Waals surface area (Å²) in [6.07, 6.45) is -0.109. The van der Waals surface area contributed by atoms with E-state index in [1.54, 1.807) is 6.92 Å². The van der Waals surface area contributed by atoms with E-state index in [0.29, 0.717) is 11.1 Å². The van der Waals surface area contributed by atoms with Gasteiger partial charge in [0, 0.05) is 30.2 Å². The van der Waals surface area contributed by atoms with Crippen molar-refractivity contribution < 1.29 is 21.9 Å². The van der Waals surface area contributed by atoms with Crippen molar-refractivity contribution in [3.63, 3.8) is 0 Å². The minimum atomic E-state index is -3.51. The van der Waals surface area contributed by atoms with Gasteiger partial charge in [0.1, 0.15) is 23.5 Å². The van der Waals surface area contributed by atoms with Gasteiger partial charge < -0.3 is 4.74 Å².